The first-order valence-electron chi connectivity index (χ1n) is 5.33. The minimum Gasteiger partial charge on any atom is -0.382 e. The number of aromatic nitrogens is 2. The molecule has 0 spiro atoms. The molecule has 0 aliphatic rings. The lowest BCUT2D eigenvalue weighted by Gasteiger charge is -2.14. The maximum Gasteiger partial charge on any atom is 0.433 e. The Balaban J connectivity index is 2.42. The molecule has 1 atom stereocenters. The summed E-state index contributed by atoms with van der Waals surface area (Å²) < 4.78 is 38.0. The second-order valence-corrected chi connectivity index (χ2v) is 5.06. The van der Waals surface area contributed by atoms with Crippen molar-refractivity contribution in [1.82, 2.24) is 9.97 Å². The van der Waals surface area contributed by atoms with E-state index in [1.807, 2.05) is 0 Å². The van der Waals surface area contributed by atoms with E-state index >= 15 is 0 Å². The van der Waals surface area contributed by atoms with E-state index in [9.17, 15) is 18.3 Å². The van der Waals surface area contributed by atoms with Crippen molar-refractivity contribution < 1.29 is 18.3 Å². The second kappa shape index (κ2) is 5.67. The van der Waals surface area contributed by atoms with Crippen LogP contribution in [0.25, 0.3) is 0 Å². The summed E-state index contributed by atoms with van der Waals surface area (Å²) in [6.45, 7) is 0. The predicted molar refractivity (Wildman–Crippen MR) is 70.2 cm³/mol. The van der Waals surface area contributed by atoms with E-state index in [4.69, 9.17) is 11.6 Å². The van der Waals surface area contributed by atoms with Crippen LogP contribution in [0.5, 0.6) is 0 Å². The lowest BCUT2D eigenvalue weighted by Crippen LogP contribution is -2.11. The molecule has 0 bridgehead atoms. The predicted octanol–water partition coefficient (Wildman–Crippen LogP) is 3.99. The van der Waals surface area contributed by atoms with Crippen molar-refractivity contribution >= 4 is 27.5 Å². The lowest BCUT2D eigenvalue weighted by atomic mass is 10.1. The van der Waals surface area contributed by atoms with E-state index in [1.54, 1.807) is 12.1 Å². The zero-order valence-electron chi connectivity index (χ0n) is 9.70. The van der Waals surface area contributed by atoms with Crippen molar-refractivity contribution in [1.29, 1.82) is 0 Å². The van der Waals surface area contributed by atoms with Crippen molar-refractivity contribution in [3.8, 4) is 0 Å². The highest BCUT2D eigenvalue weighted by molar-refractivity contribution is 9.10. The summed E-state index contributed by atoms with van der Waals surface area (Å²) in [7, 11) is 0. The molecule has 0 aliphatic carbocycles. The molecule has 0 saturated carbocycles. The van der Waals surface area contributed by atoms with Crippen LogP contribution in [0, 0.1) is 0 Å². The molecule has 2 aromatic heterocycles. The molecule has 0 saturated heterocycles. The molecule has 20 heavy (non-hydrogen) atoms. The van der Waals surface area contributed by atoms with Gasteiger partial charge in [-0.15, -0.1) is 0 Å². The second-order valence-electron chi connectivity index (χ2n) is 3.85. The number of halogens is 5. The van der Waals surface area contributed by atoms with Gasteiger partial charge in [0.25, 0.3) is 0 Å². The van der Waals surface area contributed by atoms with E-state index in [-0.39, 0.29) is 11.3 Å². The molecule has 1 unspecified atom stereocenters. The molecule has 106 valence electrons. The highest BCUT2D eigenvalue weighted by Crippen LogP contribution is 2.33. The van der Waals surface area contributed by atoms with Gasteiger partial charge in [-0.05, 0) is 34.1 Å². The number of pyridine rings is 2. The average Bonchev–Trinajstić information content (AvgIpc) is 2.37. The van der Waals surface area contributed by atoms with Crippen LogP contribution in [0.2, 0.25) is 5.15 Å². The molecule has 0 aliphatic heterocycles. The van der Waals surface area contributed by atoms with Gasteiger partial charge in [0.1, 0.15) is 17.0 Å². The molecule has 0 fully saturated rings. The molecule has 0 amide bonds. The summed E-state index contributed by atoms with van der Waals surface area (Å²) in [5.74, 6) is 0. The largest absolute Gasteiger partial charge is 0.433 e. The molecule has 0 radical (unpaired) electrons. The van der Waals surface area contributed by atoms with Gasteiger partial charge in [0, 0.05) is 16.2 Å². The molecule has 8 heteroatoms. The monoisotopic (exact) mass is 366 g/mol. The molecule has 2 rings (SSSR count). The zero-order chi connectivity index (χ0) is 14.9. The third-order valence-corrected chi connectivity index (χ3v) is 3.48. The molecular formula is C12H7BrClF3N2O. The van der Waals surface area contributed by atoms with E-state index in [2.05, 4.69) is 25.9 Å². The minimum absolute atomic E-state index is 0.0547. The number of alkyl halides is 3. The Bertz CT molecular complexity index is 636. The average molecular weight is 368 g/mol. The minimum atomic E-state index is -4.58. The first kappa shape index (κ1) is 15.2. The summed E-state index contributed by atoms with van der Waals surface area (Å²) in [4.78, 5) is 7.22. The van der Waals surface area contributed by atoms with Gasteiger partial charge in [0.15, 0.2) is 0 Å². The number of aliphatic hydroxyl groups excluding tert-OH is 1. The third kappa shape index (κ3) is 3.11. The Kier molecular flexibility index (Phi) is 4.31. The fourth-order valence-corrected chi connectivity index (χ4v) is 2.28. The van der Waals surface area contributed by atoms with Crippen molar-refractivity contribution in [2.75, 3.05) is 0 Å². The van der Waals surface area contributed by atoms with Crippen LogP contribution < -0.4 is 0 Å². The summed E-state index contributed by atoms with van der Waals surface area (Å²) in [5.41, 5.74) is -0.812. The van der Waals surface area contributed by atoms with E-state index in [0.717, 1.165) is 12.1 Å². The number of nitrogens with zero attached hydrogens (tertiary/aromatic N) is 2. The van der Waals surface area contributed by atoms with E-state index in [0.29, 0.717) is 4.47 Å². The topological polar surface area (TPSA) is 46.0 Å². The fourth-order valence-electron chi connectivity index (χ4n) is 1.55. The van der Waals surface area contributed by atoms with Gasteiger partial charge in [-0.25, -0.2) is 4.98 Å². The van der Waals surface area contributed by atoms with Crippen molar-refractivity contribution in [2.45, 2.75) is 12.3 Å². The zero-order valence-corrected chi connectivity index (χ0v) is 12.0. The fraction of sp³-hybridized carbons (Fsp3) is 0.167. The van der Waals surface area contributed by atoms with Crippen LogP contribution in [0.15, 0.2) is 34.9 Å². The standard InChI is InChI=1S/C12H7BrClF3N2O/c13-7-2-1-5-18-9(7)10(20)6-3-4-8(12(15,16)17)19-11(6)14/h1-5,10,20H. The number of hydrogen-bond acceptors (Lipinski definition) is 3. The van der Waals surface area contributed by atoms with Gasteiger partial charge >= 0.3 is 6.18 Å². The van der Waals surface area contributed by atoms with Gasteiger partial charge < -0.3 is 5.11 Å². The van der Waals surface area contributed by atoms with Gasteiger partial charge in [-0.3, -0.25) is 4.98 Å². The van der Waals surface area contributed by atoms with Crippen molar-refractivity contribution in [3.63, 3.8) is 0 Å². The molecule has 1 N–H and O–H groups in total. The first-order chi connectivity index (χ1) is 9.30. The summed E-state index contributed by atoms with van der Waals surface area (Å²) in [6, 6.07) is 5.15. The van der Waals surface area contributed by atoms with E-state index in [1.165, 1.54) is 6.20 Å². The molecule has 2 aromatic rings. The number of rotatable bonds is 2. The van der Waals surface area contributed by atoms with Crippen LogP contribution in [-0.4, -0.2) is 15.1 Å². The SMILES string of the molecule is OC(c1ccc(C(F)(F)F)nc1Cl)c1ncccc1Br. The third-order valence-electron chi connectivity index (χ3n) is 2.51. The van der Waals surface area contributed by atoms with Crippen LogP contribution in [-0.2, 0) is 6.18 Å². The maximum absolute atomic E-state index is 12.5. The molecule has 2 heterocycles. The Labute approximate surface area is 125 Å². The molecular weight excluding hydrogens is 360 g/mol. The van der Waals surface area contributed by atoms with Gasteiger partial charge in [-0.2, -0.15) is 13.2 Å². The van der Waals surface area contributed by atoms with Crippen LogP contribution in [0.3, 0.4) is 0 Å². The van der Waals surface area contributed by atoms with E-state index < -0.39 is 23.1 Å². The normalized spacial score (nSPS) is 13.3. The quantitative estimate of drug-likeness (QED) is 0.816. The lowest BCUT2D eigenvalue weighted by molar-refractivity contribution is -0.141. The van der Waals surface area contributed by atoms with Crippen molar-refractivity contribution in [3.05, 3.63) is 57.0 Å². The van der Waals surface area contributed by atoms with Gasteiger partial charge in [0.05, 0.1) is 5.69 Å². The Morgan fingerprint density at radius 1 is 1.25 bits per heavy atom. The summed E-state index contributed by atoms with van der Waals surface area (Å²) in [5, 5.41) is 9.74. The Morgan fingerprint density at radius 2 is 1.95 bits per heavy atom. The van der Waals surface area contributed by atoms with Gasteiger partial charge in [-0.1, -0.05) is 17.7 Å². The van der Waals surface area contributed by atoms with Gasteiger partial charge in [0.2, 0.25) is 0 Å². The Morgan fingerprint density at radius 3 is 2.50 bits per heavy atom. The Hall–Kier alpha value is -1.18. The smallest absolute Gasteiger partial charge is 0.382 e. The highest BCUT2D eigenvalue weighted by Gasteiger charge is 2.33. The molecule has 0 aromatic carbocycles. The number of aliphatic hydroxyl groups is 1. The number of hydrogen-bond donors (Lipinski definition) is 1. The summed E-state index contributed by atoms with van der Waals surface area (Å²) in [6.07, 6.45) is -4.40. The maximum atomic E-state index is 12.5. The van der Waals surface area contributed by atoms with Crippen LogP contribution >= 0.6 is 27.5 Å². The molecule has 3 nitrogen and oxygen atoms in total. The summed E-state index contributed by atoms with van der Waals surface area (Å²) >= 11 is 8.92. The van der Waals surface area contributed by atoms with Crippen molar-refractivity contribution in [2.24, 2.45) is 0 Å². The highest BCUT2D eigenvalue weighted by atomic mass is 79.9. The van der Waals surface area contributed by atoms with Crippen LogP contribution in [0.1, 0.15) is 23.1 Å². The van der Waals surface area contributed by atoms with Crippen LogP contribution in [0.4, 0.5) is 13.2 Å². The first-order valence-corrected chi connectivity index (χ1v) is 6.50.